The Bertz CT molecular complexity index is 2040. The smallest absolute Gasteiger partial charge is 0.417 e. The van der Waals surface area contributed by atoms with Crippen molar-refractivity contribution in [2.24, 2.45) is 17.6 Å². The van der Waals surface area contributed by atoms with E-state index in [1.807, 2.05) is 0 Å². The number of rotatable bonds is 9. The molecule has 1 aliphatic heterocycles. The van der Waals surface area contributed by atoms with E-state index < -0.39 is 35.6 Å². The molecule has 1 atom stereocenters. The molecular weight excluding hydrogens is 721 g/mol. The summed E-state index contributed by atoms with van der Waals surface area (Å²) in [6.07, 6.45) is 0.0526. The molecule has 4 aromatic rings. The monoisotopic (exact) mass is 756 g/mol. The molecule has 2 N–H and O–H groups in total. The summed E-state index contributed by atoms with van der Waals surface area (Å²) in [5.74, 6) is -1.25. The number of fused-ring (bicyclic) bond motifs is 3. The number of carbonyl (C=O) groups is 3. The maximum Gasteiger partial charge on any atom is 0.417 e. The highest BCUT2D eigenvalue weighted by Crippen LogP contribution is 2.36. The topological polar surface area (TPSA) is 132 Å². The first-order valence-corrected chi connectivity index (χ1v) is 17.0. The number of hydrogen-bond acceptors (Lipinski definition) is 7. The molecule has 1 fully saturated rings. The number of esters is 1. The summed E-state index contributed by atoms with van der Waals surface area (Å²) in [6, 6.07) is 9.07. The Labute approximate surface area is 293 Å². The predicted octanol–water partition coefficient (Wildman–Crippen LogP) is 4.97. The highest BCUT2D eigenvalue weighted by Gasteiger charge is 2.35. The van der Waals surface area contributed by atoms with Crippen molar-refractivity contribution in [3.63, 3.8) is 0 Å². The van der Waals surface area contributed by atoms with E-state index in [0.29, 0.717) is 40.5 Å². The summed E-state index contributed by atoms with van der Waals surface area (Å²) < 4.78 is 49.0. The quantitative estimate of drug-likeness (QED) is 0.188. The Hall–Kier alpha value is -4.50. The highest BCUT2D eigenvalue weighted by molar-refractivity contribution is 9.10. The van der Waals surface area contributed by atoms with Crippen LogP contribution in [0, 0.1) is 11.8 Å². The molecule has 0 bridgehead atoms. The van der Waals surface area contributed by atoms with Crippen LogP contribution in [0.3, 0.4) is 0 Å². The average Bonchev–Trinajstić information content (AvgIpc) is 3.82. The molecule has 2 aromatic heterocycles. The Kier molecular flexibility index (Phi) is 9.66. The van der Waals surface area contributed by atoms with E-state index in [1.54, 1.807) is 53.4 Å². The molecule has 0 saturated heterocycles. The van der Waals surface area contributed by atoms with E-state index in [2.05, 4.69) is 21.0 Å². The van der Waals surface area contributed by atoms with E-state index in [-0.39, 0.29) is 47.8 Å². The lowest BCUT2D eigenvalue weighted by molar-refractivity contribution is -0.149. The van der Waals surface area contributed by atoms with E-state index in [9.17, 15) is 32.3 Å². The summed E-state index contributed by atoms with van der Waals surface area (Å²) in [5.41, 5.74) is 7.60. The first-order chi connectivity index (χ1) is 23.6. The van der Waals surface area contributed by atoms with E-state index in [4.69, 9.17) is 10.5 Å². The summed E-state index contributed by atoms with van der Waals surface area (Å²) >= 11 is 2.92. The molecule has 3 heterocycles. The maximum absolute atomic E-state index is 14.3. The van der Waals surface area contributed by atoms with Gasteiger partial charge in [0.2, 0.25) is 0 Å². The molecule has 0 spiro atoms. The highest BCUT2D eigenvalue weighted by atomic mass is 79.9. The van der Waals surface area contributed by atoms with Crippen LogP contribution in [0.15, 0.2) is 57.9 Å². The van der Waals surface area contributed by atoms with Gasteiger partial charge >= 0.3 is 12.1 Å². The molecular formula is C35H36BrF3N6O5. The average molecular weight is 758 g/mol. The van der Waals surface area contributed by atoms with Crippen LogP contribution in [-0.4, -0.2) is 68.1 Å². The fourth-order valence-electron chi connectivity index (χ4n) is 6.02. The number of halogens is 4. The molecule has 1 saturated carbocycles. The molecule has 11 nitrogen and oxygen atoms in total. The van der Waals surface area contributed by atoms with Crippen LogP contribution in [0.5, 0.6) is 0 Å². The zero-order valence-corrected chi connectivity index (χ0v) is 29.3. The molecule has 1 aliphatic carbocycles. The van der Waals surface area contributed by atoms with Gasteiger partial charge in [-0.2, -0.15) is 18.3 Å². The van der Waals surface area contributed by atoms with Crippen LogP contribution in [0.25, 0.3) is 11.3 Å². The second-order valence-electron chi connectivity index (χ2n) is 13.2. The first kappa shape index (κ1) is 35.3. The largest absolute Gasteiger partial charge is 0.443 e. The van der Waals surface area contributed by atoms with Gasteiger partial charge in [-0.25, -0.2) is 4.52 Å². The minimum atomic E-state index is -4.65. The van der Waals surface area contributed by atoms with Gasteiger partial charge in [0.15, 0.2) is 6.73 Å². The number of carbonyl (C=O) groups excluding carboxylic acids is 3. The summed E-state index contributed by atoms with van der Waals surface area (Å²) in [4.78, 5) is 55.7. The fourth-order valence-corrected chi connectivity index (χ4v) is 6.49. The second-order valence-corrected chi connectivity index (χ2v) is 14.1. The lowest BCUT2D eigenvalue weighted by Crippen LogP contribution is -2.41. The van der Waals surface area contributed by atoms with Gasteiger partial charge in [-0.15, -0.1) is 0 Å². The van der Waals surface area contributed by atoms with E-state index in [0.717, 1.165) is 24.5 Å². The number of nitrogens with zero attached hydrogens (tertiary/aromatic N) is 5. The molecule has 2 aromatic carbocycles. The van der Waals surface area contributed by atoms with Gasteiger partial charge in [-0.05, 0) is 80.0 Å². The van der Waals surface area contributed by atoms with Crippen LogP contribution in [-0.2, 0) is 35.1 Å². The molecule has 264 valence electrons. The first-order valence-electron chi connectivity index (χ1n) is 16.2. The van der Waals surface area contributed by atoms with Crippen LogP contribution in [0.2, 0.25) is 0 Å². The number of nitrogens with two attached hydrogens (primary N) is 1. The van der Waals surface area contributed by atoms with Crippen molar-refractivity contribution in [1.82, 2.24) is 24.0 Å². The number of benzene rings is 2. The third kappa shape index (κ3) is 6.93. The molecule has 2 aliphatic rings. The lowest BCUT2D eigenvalue weighted by atomic mass is 10.0. The van der Waals surface area contributed by atoms with Crippen molar-refractivity contribution < 1.29 is 32.3 Å². The maximum atomic E-state index is 14.3. The molecule has 2 amide bonds. The third-order valence-corrected chi connectivity index (χ3v) is 9.88. The Morgan fingerprint density at radius 2 is 1.78 bits per heavy atom. The Balaban J connectivity index is 1.31. The molecule has 0 radical (unpaired) electrons. The SMILES string of the molecule is CC(C)[C@@H](N)C(=O)OCN(C)C(=O)c1ccc(-n2c(=O)c3c(n4ncc(CC5CC5)c24)CN(C(=O)c2ccc(Br)c(C(F)(F)F)c2)CC3)cc1. The molecule has 50 heavy (non-hydrogen) atoms. The van der Waals surface area contributed by atoms with Crippen molar-refractivity contribution in [2.75, 3.05) is 20.3 Å². The summed E-state index contributed by atoms with van der Waals surface area (Å²) in [5, 5.41) is 4.64. The Morgan fingerprint density at radius 3 is 2.42 bits per heavy atom. The van der Waals surface area contributed by atoms with Crippen LogP contribution >= 0.6 is 15.9 Å². The van der Waals surface area contributed by atoms with Gasteiger partial charge in [0.05, 0.1) is 29.7 Å². The number of amides is 2. The van der Waals surface area contributed by atoms with Crippen molar-refractivity contribution in [1.29, 1.82) is 0 Å². The number of aromatic nitrogens is 3. The van der Waals surface area contributed by atoms with E-state index in [1.165, 1.54) is 29.0 Å². The second kappa shape index (κ2) is 13.7. The van der Waals surface area contributed by atoms with Gasteiger partial charge in [0.25, 0.3) is 17.4 Å². The fraction of sp³-hybridized carbons (Fsp3) is 0.400. The number of alkyl halides is 3. The van der Waals surface area contributed by atoms with Gasteiger partial charge in [-0.3, -0.25) is 23.7 Å². The van der Waals surface area contributed by atoms with Crippen molar-refractivity contribution in [3.8, 4) is 5.69 Å². The molecule has 15 heteroatoms. The van der Waals surface area contributed by atoms with Gasteiger partial charge in [0.1, 0.15) is 11.7 Å². The number of hydrogen-bond donors (Lipinski definition) is 1. The Morgan fingerprint density at radius 1 is 1.10 bits per heavy atom. The van der Waals surface area contributed by atoms with Crippen molar-refractivity contribution in [3.05, 3.63) is 97.0 Å². The van der Waals surface area contributed by atoms with Crippen molar-refractivity contribution in [2.45, 2.75) is 58.3 Å². The number of ether oxygens (including phenoxy) is 1. The van der Waals surface area contributed by atoms with Crippen LogP contribution in [0.4, 0.5) is 13.2 Å². The molecule has 0 unspecified atom stereocenters. The minimum absolute atomic E-state index is 0.0187. The predicted molar refractivity (Wildman–Crippen MR) is 181 cm³/mol. The van der Waals surface area contributed by atoms with Crippen LogP contribution in [0.1, 0.15) is 69.8 Å². The van der Waals surface area contributed by atoms with Crippen molar-refractivity contribution >= 4 is 39.4 Å². The zero-order chi connectivity index (χ0) is 36.1. The normalized spacial score (nSPS) is 15.3. The minimum Gasteiger partial charge on any atom is -0.443 e. The van der Waals surface area contributed by atoms with Gasteiger partial charge in [-0.1, -0.05) is 29.8 Å². The van der Waals surface area contributed by atoms with Gasteiger partial charge < -0.3 is 20.3 Å². The van der Waals surface area contributed by atoms with Crippen LogP contribution < -0.4 is 11.3 Å². The zero-order valence-electron chi connectivity index (χ0n) is 27.7. The standard InChI is InChI=1S/C35H36BrF3N6O5/c1-19(2)29(40)34(49)50-18-42(3)31(46)21-6-9-24(10-7-21)44-30-23(14-20-4-5-20)16-41-45(30)28-17-43(13-12-25(28)33(44)48)32(47)22-8-11-27(36)26(15-22)35(37,38)39/h6-11,15-16,19-20,29H,4-5,12-14,17-18,40H2,1-3H3/t29-/m1/s1. The van der Waals surface area contributed by atoms with Gasteiger partial charge in [0, 0.05) is 40.3 Å². The summed E-state index contributed by atoms with van der Waals surface area (Å²) in [7, 11) is 1.50. The summed E-state index contributed by atoms with van der Waals surface area (Å²) in [6.45, 7) is 3.41. The third-order valence-electron chi connectivity index (χ3n) is 9.19. The van der Waals surface area contributed by atoms with E-state index >= 15 is 0 Å². The lowest BCUT2D eigenvalue weighted by Gasteiger charge is -2.30. The molecule has 6 rings (SSSR count).